The summed E-state index contributed by atoms with van der Waals surface area (Å²) < 4.78 is 244. The zero-order valence-corrected chi connectivity index (χ0v) is 14.1. The standard InChI is InChI=1S/C12H5F19O/c13-4(14,1-2-32)7(19,20)10(25,26)8(21,22)5(15,16)3-6(17,18)9(23,24)11(27,28)12(29,30)31/h2H,1,3H2. The van der Waals surface area contributed by atoms with Crippen LogP contribution in [0, 0.1) is 0 Å². The van der Waals surface area contributed by atoms with Crippen LogP contribution in [0.5, 0.6) is 0 Å². The Labute approximate surface area is 162 Å². The first-order valence-corrected chi connectivity index (χ1v) is 7.05. The van der Waals surface area contributed by atoms with E-state index in [0.717, 1.165) is 0 Å². The lowest BCUT2D eigenvalue weighted by molar-refractivity contribution is -0.423. The van der Waals surface area contributed by atoms with Gasteiger partial charge in [-0.1, -0.05) is 0 Å². The highest BCUT2D eigenvalue weighted by molar-refractivity contribution is 5.51. The number of carbonyl (C=O) groups is 1. The van der Waals surface area contributed by atoms with Crippen molar-refractivity contribution in [1.82, 2.24) is 0 Å². The second-order valence-corrected chi connectivity index (χ2v) is 6.03. The van der Waals surface area contributed by atoms with Crippen molar-refractivity contribution in [3.8, 4) is 0 Å². The third-order valence-corrected chi connectivity index (χ3v) is 3.70. The molecular weight excluding hydrogens is 521 g/mol. The Morgan fingerprint density at radius 2 is 0.688 bits per heavy atom. The fourth-order valence-corrected chi connectivity index (χ4v) is 1.80. The molecule has 0 spiro atoms. The minimum atomic E-state index is -8.19. The SMILES string of the molecule is O=CCC(F)(F)C(F)(F)C(F)(F)C(F)(F)C(F)(F)CC(F)(F)C(F)(F)C(F)(F)C(F)(F)F. The molecule has 0 atom stereocenters. The molecular formula is C12H5F19O. The van der Waals surface area contributed by atoms with Crippen LogP contribution in [0.1, 0.15) is 12.8 Å². The second kappa shape index (κ2) is 7.69. The van der Waals surface area contributed by atoms with Crippen molar-refractivity contribution in [2.24, 2.45) is 0 Å². The predicted octanol–water partition coefficient (Wildman–Crippen LogP) is 6.61. The number of halogens is 19. The average molecular weight is 526 g/mol. The van der Waals surface area contributed by atoms with Crippen LogP contribution in [0.3, 0.4) is 0 Å². The highest BCUT2D eigenvalue weighted by Gasteiger charge is 2.89. The Morgan fingerprint density at radius 3 is 0.969 bits per heavy atom. The summed E-state index contributed by atoms with van der Waals surface area (Å²) in [5.41, 5.74) is 0. The van der Waals surface area contributed by atoms with E-state index in [4.69, 9.17) is 0 Å². The molecule has 192 valence electrons. The van der Waals surface area contributed by atoms with Gasteiger partial charge in [0, 0.05) is 0 Å². The van der Waals surface area contributed by atoms with Crippen molar-refractivity contribution >= 4 is 6.29 Å². The van der Waals surface area contributed by atoms with Gasteiger partial charge in [0.25, 0.3) is 0 Å². The normalized spacial score (nSPS) is 16.3. The van der Waals surface area contributed by atoms with Crippen LogP contribution in [-0.2, 0) is 4.79 Å². The molecule has 0 saturated heterocycles. The molecule has 0 fully saturated rings. The van der Waals surface area contributed by atoms with E-state index >= 15 is 0 Å². The average Bonchev–Trinajstić information content (AvgIpc) is 2.51. The van der Waals surface area contributed by atoms with E-state index in [9.17, 15) is 88.2 Å². The van der Waals surface area contributed by atoms with Crippen LogP contribution < -0.4 is 0 Å². The monoisotopic (exact) mass is 526 g/mol. The van der Waals surface area contributed by atoms with Crippen molar-refractivity contribution in [1.29, 1.82) is 0 Å². The molecule has 0 aliphatic heterocycles. The zero-order chi connectivity index (χ0) is 26.6. The number of aldehydes is 1. The highest BCUT2D eigenvalue weighted by Crippen LogP contribution is 2.61. The number of hydrogen-bond acceptors (Lipinski definition) is 1. The van der Waals surface area contributed by atoms with Crippen LogP contribution >= 0.6 is 0 Å². The van der Waals surface area contributed by atoms with E-state index in [1.165, 1.54) is 0 Å². The van der Waals surface area contributed by atoms with Crippen molar-refractivity contribution < 1.29 is 88.2 Å². The van der Waals surface area contributed by atoms with Gasteiger partial charge in [0.2, 0.25) is 0 Å². The van der Waals surface area contributed by atoms with E-state index in [1.54, 1.807) is 0 Å². The van der Waals surface area contributed by atoms with Crippen LogP contribution in [0.4, 0.5) is 83.4 Å². The lowest BCUT2D eigenvalue weighted by atomic mass is 9.88. The van der Waals surface area contributed by atoms with Gasteiger partial charge in [-0.15, -0.1) is 0 Å². The smallest absolute Gasteiger partial charge is 0.303 e. The first kappa shape index (κ1) is 30.3. The lowest BCUT2D eigenvalue weighted by Crippen LogP contribution is -2.69. The van der Waals surface area contributed by atoms with Gasteiger partial charge in [0.15, 0.2) is 0 Å². The van der Waals surface area contributed by atoms with Gasteiger partial charge in [-0.05, 0) is 0 Å². The Bertz CT molecular complexity index is 687. The number of rotatable bonds is 10. The summed E-state index contributed by atoms with van der Waals surface area (Å²) in [7, 11) is 0. The first-order chi connectivity index (χ1) is 13.5. The van der Waals surface area contributed by atoms with Crippen LogP contribution in [0.25, 0.3) is 0 Å². The molecule has 0 amide bonds. The molecule has 0 aromatic heterocycles. The van der Waals surface area contributed by atoms with Gasteiger partial charge in [-0.2, -0.15) is 83.4 Å². The fraction of sp³-hybridized carbons (Fsp3) is 0.917. The first-order valence-electron chi connectivity index (χ1n) is 7.05. The van der Waals surface area contributed by atoms with Crippen molar-refractivity contribution in [3.05, 3.63) is 0 Å². The third-order valence-electron chi connectivity index (χ3n) is 3.70. The summed E-state index contributed by atoms with van der Waals surface area (Å²) >= 11 is 0. The molecule has 0 unspecified atom stereocenters. The molecule has 0 aromatic rings. The number of alkyl halides is 19. The predicted molar refractivity (Wildman–Crippen MR) is 60.9 cm³/mol. The zero-order valence-electron chi connectivity index (χ0n) is 14.1. The van der Waals surface area contributed by atoms with Gasteiger partial charge in [-0.25, -0.2) is 0 Å². The molecule has 0 radical (unpaired) electrons. The van der Waals surface area contributed by atoms with Crippen molar-refractivity contribution in [3.63, 3.8) is 0 Å². The van der Waals surface area contributed by atoms with Gasteiger partial charge in [0.1, 0.15) is 6.29 Å². The molecule has 0 heterocycles. The van der Waals surface area contributed by atoms with E-state index in [-0.39, 0.29) is 0 Å². The summed E-state index contributed by atoms with van der Waals surface area (Å²) in [4.78, 5) is 9.77. The highest BCUT2D eigenvalue weighted by atomic mass is 19.4. The molecule has 0 aliphatic rings. The summed E-state index contributed by atoms with van der Waals surface area (Å²) in [5, 5.41) is 0. The second-order valence-electron chi connectivity index (χ2n) is 6.03. The maximum absolute atomic E-state index is 13.3. The lowest BCUT2D eigenvalue weighted by Gasteiger charge is -2.41. The molecule has 0 N–H and O–H groups in total. The van der Waals surface area contributed by atoms with E-state index in [0.29, 0.717) is 0 Å². The molecule has 0 rings (SSSR count). The van der Waals surface area contributed by atoms with Crippen LogP contribution in [0.15, 0.2) is 0 Å². The molecule has 0 bridgehead atoms. The summed E-state index contributed by atoms with van der Waals surface area (Å²) in [6, 6.07) is 0. The van der Waals surface area contributed by atoms with Crippen molar-refractivity contribution in [2.45, 2.75) is 66.4 Å². The quantitative estimate of drug-likeness (QED) is 0.232. The topological polar surface area (TPSA) is 17.1 Å². The van der Waals surface area contributed by atoms with Crippen LogP contribution in [0.2, 0.25) is 0 Å². The van der Waals surface area contributed by atoms with Crippen LogP contribution in [-0.4, -0.2) is 59.8 Å². The van der Waals surface area contributed by atoms with Crippen molar-refractivity contribution in [2.75, 3.05) is 0 Å². The summed E-state index contributed by atoms with van der Waals surface area (Å²) in [6.07, 6.45) is -17.0. The maximum atomic E-state index is 13.3. The Morgan fingerprint density at radius 1 is 0.406 bits per heavy atom. The largest absolute Gasteiger partial charge is 0.460 e. The molecule has 20 heteroatoms. The minimum absolute atomic E-state index is 1.30. The Balaban J connectivity index is 6.49. The number of carbonyl (C=O) groups excluding carboxylic acids is 1. The molecule has 32 heavy (non-hydrogen) atoms. The number of hydrogen-bond donors (Lipinski definition) is 0. The van der Waals surface area contributed by atoms with E-state index in [2.05, 4.69) is 0 Å². The maximum Gasteiger partial charge on any atom is 0.460 e. The van der Waals surface area contributed by atoms with Gasteiger partial charge >= 0.3 is 53.6 Å². The minimum Gasteiger partial charge on any atom is -0.303 e. The van der Waals surface area contributed by atoms with E-state index < -0.39 is 72.7 Å². The summed E-state index contributed by atoms with van der Waals surface area (Å²) in [6.45, 7) is 0. The van der Waals surface area contributed by atoms with Gasteiger partial charge < -0.3 is 4.79 Å². The summed E-state index contributed by atoms with van der Waals surface area (Å²) in [5.74, 6) is -62.0. The Hall–Kier alpha value is -1.66. The van der Waals surface area contributed by atoms with Gasteiger partial charge in [-0.3, -0.25) is 0 Å². The molecule has 1 nitrogen and oxygen atoms in total. The van der Waals surface area contributed by atoms with Gasteiger partial charge in [0.05, 0.1) is 12.8 Å². The Kier molecular flexibility index (Phi) is 7.30. The fourth-order valence-electron chi connectivity index (χ4n) is 1.80. The molecule has 0 aliphatic carbocycles. The third kappa shape index (κ3) is 4.16. The molecule has 0 aromatic carbocycles. The molecule has 0 saturated carbocycles. The van der Waals surface area contributed by atoms with E-state index in [1.807, 2.05) is 0 Å².